The Labute approximate surface area is 155 Å². The van der Waals surface area contributed by atoms with Gasteiger partial charge in [-0.05, 0) is 6.92 Å². The molecule has 2 aliphatic heterocycles. The van der Waals surface area contributed by atoms with Crippen molar-refractivity contribution in [1.29, 1.82) is 0 Å². The maximum Gasteiger partial charge on any atom is 0.339 e. The lowest BCUT2D eigenvalue weighted by Crippen LogP contribution is -2.56. The molecule has 0 unspecified atom stereocenters. The molecule has 0 radical (unpaired) electrons. The Hall–Kier alpha value is -2.35. The van der Waals surface area contributed by atoms with Gasteiger partial charge in [0.1, 0.15) is 17.6 Å². The van der Waals surface area contributed by atoms with Crippen LogP contribution in [0.4, 0.5) is 5.13 Å². The first kappa shape index (κ1) is 17.1. The van der Waals surface area contributed by atoms with Gasteiger partial charge in [-0.1, -0.05) is 0 Å². The minimum Gasteiger partial charge on any atom is -0.490 e. The monoisotopic (exact) mass is 375 g/mol. The molecule has 2 aromatic rings. The van der Waals surface area contributed by atoms with Gasteiger partial charge in [-0.2, -0.15) is 0 Å². The van der Waals surface area contributed by atoms with Gasteiger partial charge in [0.05, 0.1) is 12.0 Å². The lowest BCUT2D eigenvalue weighted by atomic mass is 9.97. The van der Waals surface area contributed by atoms with E-state index in [4.69, 9.17) is 9.15 Å². The molecule has 2 aliphatic rings. The highest BCUT2D eigenvalue weighted by Crippen LogP contribution is 2.28. The van der Waals surface area contributed by atoms with Crippen LogP contribution in [0.3, 0.4) is 0 Å². The quantitative estimate of drug-likeness (QED) is 0.813. The third-order valence-electron chi connectivity index (χ3n) is 4.84. The van der Waals surface area contributed by atoms with E-state index in [1.807, 2.05) is 10.3 Å². The number of anilines is 1. The van der Waals surface area contributed by atoms with Crippen molar-refractivity contribution in [1.82, 2.24) is 9.88 Å². The zero-order chi connectivity index (χ0) is 18.1. The predicted molar refractivity (Wildman–Crippen MR) is 97.8 cm³/mol. The second-order valence-electron chi connectivity index (χ2n) is 6.78. The van der Waals surface area contributed by atoms with Crippen molar-refractivity contribution in [2.24, 2.45) is 5.92 Å². The molecule has 2 fully saturated rings. The molecular weight excluding hydrogens is 354 g/mol. The molecule has 0 saturated carbocycles. The molecule has 2 saturated heterocycles. The normalized spacial score (nSPS) is 18.7. The summed E-state index contributed by atoms with van der Waals surface area (Å²) in [6, 6.07) is 3.09. The van der Waals surface area contributed by atoms with Crippen molar-refractivity contribution in [2.75, 3.05) is 31.1 Å². The van der Waals surface area contributed by atoms with Gasteiger partial charge in [0.25, 0.3) is 0 Å². The summed E-state index contributed by atoms with van der Waals surface area (Å²) in [6.07, 6.45) is 3.35. The zero-order valence-corrected chi connectivity index (χ0v) is 15.4. The molecule has 0 aromatic carbocycles. The summed E-state index contributed by atoms with van der Waals surface area (Å²) in [7, 11) is 0. The number of carbonyl (C=O) groups is 1. The van der Waals surface area contributed by atoms with Gasteiger partial charge in [-0.3, -0.25) is 4.79 Å². The molecule has 7 nitrogen and oxygen atoms in total. The number of hydrogen-bond donors (Lipinski definition) is 0. The minimum absolute atomic E-state index is 0.0217. The van der Waals surface area contributed by atoms with Crippen LogP contribution in [0, 0.1) is 12.8 Å². The van der Waals surface area contributed by atoms with E-state index in [1.54, 1.807) is 30.5 Å². The maximum atomic E-state index is 12.6. The zero-order valence-electron chi connectivity index (χ0n) is 14.6. The molecule has 4 heterocycles. The van der Waals surface area contributed by atoms with Gasteiger partial charge in [0.15, 0.2) is 5.13 Å². The number of ether oxygens (including phenoxy) is 1. The SMILES string of the molecule is Cc1cc(OC2CCN(C(=O)C3CN(c4nccs4)C3)CC2)cc(=O)o1. The lowest BCUT2D eigenvalue weighted by molar-refractivity contribution is -0.138. The summed E-state index contributed by atoms with van der Waals surface area (Å²) in [4.78, 5) is 32.4. The highest BCUT2D eigenvalue weighted by molar-refractivity contribution is 7.13. The highest BCUT2D eigenvalue weighted by Gasteiger charge is 2.37. The topological polar surface area (TPSA) is 75.9 Å². The number of aryl methyl sites for hydroxylation is 1. The molecule has 26 heavy (non-hydrogen) atoms. The Morgan fingerprint density at radius 3 is 2.73 bits per heavy atom. The van der Waals surface area contributed by atoms with Crippen LogP contribution in [0.5, 0.6) is 5.75 Å². The summed E-state index contributed by atoms with van der Waals surface area (Å²) >= 11 is 1.60. The van der Waals surface area contributed by atoms with Crippen molar-refractivity contribution < 1.29 is 13.9 Å². The predicted octanol–water partition coefficient (Wildman–Crippen LogP) is 1.91. The summed E-state index contributed by atoms with van der Waals surface area (Å²) in [6.45, 7) is 4.61. The average Bonchev–Trinajstić information content (AvgIpc) is 3.07. The summed E-state index contributed by atoms with van der Waals surface area (Å²) in [5, 5.41) is 2.94. The van der Waals surface area contributed by atoms with Crippen LogP contribution in [0.1, 0.15) is 18.6 Å². The van der Waals surface area contributed by atoms with Crippen molar-refractivity contribution in [3.05, 3.63) is 39.9 Å². The largest absolute Gasteiger partial charge is 0.490 e. The van der Waals surface area contributed by atoms with Crippen LogP contribution in [0.15, 0.2) is 32.9 Å². The number of amides is 1. The Morgan fingerprint density at radius 1 is 1.31 bits per heavy atom. The van der Waals surface area contributed by atoms with Gasteiger partial charge in [0.2, 0.25) is 5.91 Å². The smallest absolute Gasteiger partial charge is 0.339 e. The number of aromatic nitrogens is 1. The minimum atomic E-state index is -0.401. The fourth-order valence-electron chi connectivity index (χ4n) is 3.45. The number of thiazole rings is 1. The molecule has 0 spiro atoms. The fraction of sp³-hybridized carbons (Fsp3) is 0.500. The molecule has 0 aliphatic carbocycles. The van der Waals surface area contributed by atoms with E-state index < -0.39 is 5.63 Å². The first-order valence-corrected chi connectivity index (χ1v) is 9.68. The van der Waals surface area contributed by atoms with Crippen molar-refractivity contribution in [3.63, 3.8) is 0 Å². The second-order valence-corrected chi connectivity index (χ2v) is 7.65. The molecule has 0 N–H and O–H groups in total. The van der Waals surface area contributed by atoms with Crippen molar-refractivity contribution in [3.8, 4) is 5.75 Å². The van der Waals surface area contributed by atoms with E-state index in [9.17, 15) is 9.59 Å². The number of likely N-dealkylation sites (tertiary alicyclic amines) is 1. The van der Waals surface area contributed by atoms with Gasteiger partial charge < -0.3 is 19.0 Å². The standard InChI is InChI=1S/C18H21N3O4S/c1-12-8-15(9-16(22)24-12)25-14-2-5-20(6-3-14)17(23)13-10-21(11-13)18-19-4-7-26-18/h4,7-9,13-14H,2-3,5-6,10-11H2,1H3. The van der Waals surface area contributed by atoms with Gasteiger partial charge in [-0.15, -0.1) is 11.3 Å². The van der Waals surface area contributed by atoms with E-state index in [1.165, 1.54) is 6.07 Å². The Kier molecular flexibility index (Phi) is 4.67. The summed E-state index contributed by atoms with van der Waals surface area (Å²) in [5.74, 6) is 1.38. The van der Waals surface area contributed by atoms with Gasteiger partial charge in [0, 0.05) is 56.7 Å². The Morgan fingerprint density at radius 2 is 2.08 bits per heavy atom. The first-order valence-electron chi connectivity index (χ1n) is 8.80. The number of hydrogen-bond acceptors (Lipinski definition) is 7. The average molecular weight is 375 g/mol. The summed E-state index contributed by atoms with van der Waals surface area (Å²) < 4.78 is 10.8. The van der Waals surface area contributed by atoms with Crippen LogP contribution >= 0.6 is 11.3 Å². The van der Waals surface area contributed by atoms with Crippen molar-refractivity contribution >= 4 is 22.4 Å². The lowest BCUT2D eigenvalue weighted by Gasteiger charge is -2.42. The van der Waals surface area contributed by atoms with Crippen LogP contribution in [0.25, 0.3) is 0 Å². The molecule has 0 bridgehead atoms. The van der Waals surface area contributed by atoms with Crippen LogP contribution in [-0.2, 0) is 4.79 Å². The molecule has 1 amide bonds. The van der Waals surface area contributed by atoms with Crippen molar-refractivity contribution in [2.45, 2.75) is 25.9 Å². The number of piperidine rings is 1. The number of rotatable bonds is 4. The summed E-state index contributed by atoms with van der Waals surface area (Å²) in [5.41, 5.74) is -0.401. The number of nitrogens with zero attached hydrogens (tertiary/aromatic N) is 3. The fourth-order valence-corrected chi connectivity index (χ4v) is 4.11. The van der Waals surface area contributed by atoms with Crippen LogP contribution in [-0.4, -0.2) is 48.1 Å². The third kappa shape index (κ3) is 3.60. The molecule has 138 valence electrons. The molecule has 2 aromatic heterocycles. The first-order chi connectivity index (χ1) is 12.6. The van der Waals surface area contributed by atoms with E-state index in [2.05, 4.69) is 9.88 Å². The molecule has 8 heteroatoms. The van der Waals surface area contributed by atoms with E-state index >= 15 is 0 Å². The Bertz CT molecular complexity index is 821. The Balaban J connectivity index is 1.26. The van der Waals surface area contributed by atoms with E-state index in [0.717, 1.165) is 31.1 Å². The second kappa shape index (κ2) is 7.11. The number of carbonyl (C=O) groups excluding carboxylic acids is 1. The third-order valence-corrected chi connectivity index (χ3v) is 5.68. The van der Waals surface area contributed by atoms with Crippen LogP contribution < -0.4 is 15.3 Å². The van der Waals surface area contributed by atoms with Gasteiger partial charge in [-0.25, -0.2) is 9.78 Å². The maximum absolute atomic E-state index is 12.6. The van der Waals surface area contributed by atoms with E-state index in [0.29, 0.717) is 24.6 Å². The highest BCUT2D eigenvalue weighted by atomic mass is 32.1. The molecule has 0 atom stereocenters. The van der Waals surface area contributed by atoms with E-state index in [-0.39, 0.29) is 17.9 Å². The molecule has 4 rings (SSSR count). The van der Waals surface area contributed by atoms with Gasteiger partial charge >= 0.3 is 5.63 Å². The van der Waals surface area contributed by atoms with Crippen LogP contribution in [0.2, 0.25) is 0 Å². The molecular formula is C18H21N3O4S.